The number of nitrogens with zero attached hydrogens (tertiary/aromatic N) is 1. The van der Waals surface area contributed by atoms with Crippen LogP contribution in [-0.4, -0.2) is 12.1 Å². The molecule has 0 amide bonds. The first kappa shape index (κ1) is 13.2. The maximum absolute atomic E-state index is 5.97. The van der Waals surface area contributed by atoms with Gasteiger partial charge in [0, 0.05) is 35.2 Å². The molecule has 0 aliphatic heterocycles. The zero-order valence-electron chi connectivity index (χ0n) is 9.78. The van der Waals surface area contributed by atoms with E-state index in [0.717, 1.165) is 15.7 Å². The van der Waals surface area contributed by atoms with Crippen LogP contribution in [0.2, 0.25) is 5.02 Å². The number of methoxy groups -OCH3 is 1. The van der Waals surface area contributed by atoms with Crippen LogP contribution in [0.15, 0.2) is 41.1 Å². The molecule has 0 aliphatic carbocycles. The molecule has 1 aromatic carbocycles. The van der Waals surface area contributed by atoms with Gasteiger partial charge in [-0.2, -0.15) is 0 Å². The van der Waals surface area contributed by atoms with Crippen LogP contribution in [0.1, 0.15) is 5.56 Å². The van der Waals surface area contributed by atoms with Crippen LogP contribution in [0.4, 0.5) is 5.69 Å². The largest absolute Gasteiger partial charge is 0.495 e. The molecule has 0 saturated carbocycles. The van der Waals surface area contributed by atoms with Gasteiger partial charge in [0.25, 0.3) is 0 Å². The third-order valence-electron chi connectivity index (χ3n) is 2.41. The number of halogens is 2. The molecular formula is C13H12BrClN2O. The Bertz CT molecular complexity index is 548. The van der Waals surface area contributed by atoms with Crippen LogP contribution in [0.3, 0.4) is 0 Å². The van der Waals surface area contributed by atoms with Gasteiger partial charge in [-0.05, 0) is 39.7 Å². The molecule has 3 nitrogen and oxygen atoms in total. The van der Waals surface area contributed by atoms with Gasteiger partial charge in [-0.3, -0.25) is 4.98 Å². The summed E-state index contributed by atoms with van der Waals surface area (Å²) < 4.78 is 6.13. The number of hydrogen-bond acceptors (Lipinski definition) is 3. The summed E-state index contributed by atoms with van der Waals surface area (Å²) in [6.45, 7) is 0.692. The van der Waals surface area contributed by atoms with Gasteiger partial charge in [0.1, 0.15) is 5.75 Å². The zero-order chi connectivity index (χ0) is 13.0. The summed E-state index contributed by atoms with van der Waals surface area (Å²) in [6.07, 6.45) is 3.58. The predicted octanol–water partition coefficient (Wildman–Crippen LogP) is 4.12. The molecule has 5 heteroatoms. The lowest BCUT2D eigenvalue weighted by Crippen LogP contribution is -2.00. The van der Waals surface area contributed by atoms with Gasteiger partial charge in [-0.15, -0.1) is 0 Å². The molecule has 0 fully saturated rings. The van der Waals surface area contributed by atoms with E-state index in [0.29, 0.717) is 17.3 Å². The van der Waals surface area contributed by atoms with E-state index in [1.165, 1.54) is 0 Å². The lowest BCUT2D eigenvalue weighted by Gasteiger charge is -2.09. The van der Waals surface area contributed by atoms with Crippen molar-refractivity contribution >= 4 is 33.2 Å². The van der Waals surface area contributed by atoms with Crippen LogP contribution in [0, 0.1) is 0 Å². The second kappa shape index (κ2) is 6.07. The standard InChI is InChI=1S/C13H12BrClN2O/c1-18-13-5-11(2-3-12(13)15)17-7-9-4-10(14)8-16-6-9/h2-6,8,17H,7H2,1H3. The van der Waals surface area contributed by atoms with E-state index in [9.17, 15) is 0 Å². The van der Waals surface area contributed by atoms with E-state index < -0.39 is 0 Å². The van der Waals surface area contributed by atoms with E-state index in [1.807, 2.05) is 30.5 Å². The highest BCUT2D eigenvalue weighted by Gasteiger charge is 2.02. The van der Waals surface area contributed by atoms with Crippen molar-refractivity contribution in [3.8, 4) is 5.75 Å². The Labute approximate surface area is 119 Å². The fourth-order valence-electron chi connectivity index (χ4n) is 1.53. The van der Waals surface area contributed by atoms with Crippen molar-refractivity contribution in [3.05, 3.63) is 51.7 Å². The lowest BCUT2D eigenvalue weighted by atomic mass is 10.2. The Kier molecular flexibility index (Phi) is 4.44. The molecule has 0 saturated heterocycles. The van der Waals surface area contributed by atoms with Crippen molar-refractivity contribution in [2.45, 2.75) is 6.54 Å². The lowest BCUT2D eigenvalue weighted by molar-refractivity contribution is 0.415. The molecule has 0 radical (unpaired) electrons. The van der Waals surface area contributed by atoms with Crippen molar-refractivity contribution in [1.82, 2.24) is 4.98 Å². The Morgan fingerprint density at radius 3 is 2.89 bits per heavy atom. The molecule has 1 heterocycles. The maximum Gasteiger partial charge on any atom is 0.139 e. The maximum atomic E-state index is 5.97. The molecule has 0 atom stereocenters. The van der Waals surface area contributed by atoms with Crippen LogP contribution in [0.5, 0.6) is 5.75 Å². The summed E-state index contributed by atoms with van der Waals surface area (Å²) in [5, 5.41) is 3.89. The summed E-state index contributed by atoms with van der Waals surface area (Å²) in [7, 11) is 1.60. The number of pyridine rings is 1. The van der Waals surface area contributed by atoms with E-state index in [-0.39, 0.29) is 0 Å². The van der Waals surface area contributed by atoms with Crippen LogP contribution in [0.25, 0.3) is 0 Å². The summed E-state index contributed by atoms with van der Waals surface area (Å²) in [5.74, 6) is 0.661. The van der Waals surface area contributed by atoms with Gasteiger partial charge < -0.3 is 10.1 Å². The van der Waals surface area contributed by atoms with E-state index in [2.05, 4.69) is 26.2 Å². The van der Waals surface area contributed by atoms with Crippen molar-refractivity contribution in [3.63, 3.8) is 0 Å². The highest BCUT2D eigenvalue weighted by molar-refractivity contribution is 9.10. The van der Waals surface area contributed by atoms with Gasteiger partial charge in [-0.1, -0.05) is 11.6 Å². The van der Waals surface area contributed by atoms with E-state index >= 15 is 0 Å². The van der Waals surface area contributed by atoms with E-state index in [1.54, 1.807) is 13.3 Å². The number of ether oxygens (including phenoxy) is 1. The molecule has 0 bridgehead atoms. The fourth-order valence-corrected chi connectivity index (χ4v) is 2.13. The first-order valence-electron chi connectivity index (χ1n) is 5.36. The molecule has 0 unspecified atom stereocenters. The van der Waals surface area contributed by atoms with E-state index in [4.69, 9.17) is 16.3 Å². The minimum Gasteiger partial charge on any atom is -0.495 e. The highest BCUT2D eigenvalue weighted by atomic mass is 79.9. The first-order valence-corrected chi connectivity index (χ1v) is 6.53. The Morgan fingerprint density at radius 2 is 2.17 bits per heavy atom. The molecule has 1 aromatic heterocycles. The summed E-state index contributed by atoms with van der Waals surface area (Å²) in [6, 6.07) is 7.61. The third kappa shape index (κ3) is 3.37. The van der Waals surface area contributed by atoms with Crippen molar-refractivity contribution in [2.75, 3.05) is 12.4 Å². The normalized spacial score (nSPS) is 10.2. The van der Waals surface area contributed by atoms with Crippen molar-refractivity contribution in [2.24, 2.45) is 0 Å². The van der Waals surface area contributed by atoms with Gasteiger partial charge in [0.15, 0.2) is 0 Å². The molecule has 94 valence electrons. The van der Waals surface area contributed by atoms with Gasteiger partial charge in [0.05, 0.1) is 12.1 Å². The number of benzene rings is 1. The summed E-state index contributed by atoms with van der Waals surface area (Å²) >= 11 is 9.36. The second-order valence-corrected chi connectivity index (χ2v) is 5.04. The molecule has 0 aliphatic rings. The van der Waals surface area contributed by atoms with Crippen molar-refractivity contribution < 1.29 is 4.74 Å². The first-order chi connectivity index (χ1) is 8.69. The average Bonchev–Trinajstić information content (AvgIpc) is 2.38. The summed E-state index contributed by atoms with van der Waals surface area (Å²) in [4.78, 5) is 4.11. The number of aromatic nitrogens is 1. The van der Waals surface area contributed by atoms with Gasteiger partial charge >= 0.3 is 0 Å². The van der Waals surface area contributed by atoms with Gasteiger partial charge in [-0.25, -0.2) is 0 Å². The topological polar surface area (TPSA) is 34.1 Å². The van der Waals surface area contributed by atoms with Crippen molar-refractivity contribution in [1.29, 1.82) is 0 Å². The average molecular weight is 328 g/mol. The smallest absolute Gasteiger partial charge is 0.139 e. The van der Waals surface area contributed by atoms with Crippen LogP contribution < -0.4 is 10.1 Å². The van der Waals surface area contributed by atoms with Gasteiger partial charge in [0.2, 0.25) is 0 Å². The number of anilines is 1. The zero-order valence-corrected chi connectivity index (χ0v) is 12.1. The molecular weight excluding hydrogens is 316 g/mol. The van der Waals surface area contributed by atoms with Crippen LogP contribution in [-0.2, 0) is 6.54 Å². The third-order valence-corrected chi connectivity index (χ3v) is 3.16. The quantitative estimate of drug-likeness (QED) is 0.917. The fraction of sp³-hybridized carbons (Fsp3) is 0.154. The molecule has 1 N–H and O–H groups in total. The Morgan fingerprint density at radius 1 is 1.33 bits per heavy atom. The molecule has 0 spiro atoms. The predicted molar refractivity (Wildman–Crippen MR) is 77.3 cm³/mol. The highest BCUT2D eigenvalue weighted by Crippen LogP contribution is 2.27. The Hall–Kier alpha value is -1.26. The minimum absolute atomic E-state index is 0.604. The molecule has 18 heavy (non-hydrogen) atoms. The molecule has 2 aromatic rings. The SMILES string of the molecule is COc1cc(NCc2cncc(Br)c2)ccc1Cl. The molecule has 2 rings (SSSR count). The Balaban J connectivity index is 2.06. The number of hydrogen-bond donors (Lipinski definition) is 1. The number of nitrogens with one attached hydrogen (secondary N) is 1. The van der Waals surface area contributed by atoms with Crippen LogP contribution >= 0.6 is 27.5 Å². The minimum atomic E-state index is 0.604. The summed E-state index contributed by atoms with van der Waals surface area (Å²) in [5.41, 5.74) is 2.05. The number of rotatable bonds is 4. The monoisotopic (exact) mass is 326 g/mol. The second-order valence-electron chi connectivity index (χ2n) is 3.71.